The van der Waals surface area contributed by atoms with E-state index in [0.717, 1.165) is 4.90 Å². The van der Waals surface area contributed by atoms with Crippen LogP contribution in [0.2, 0.25) is 0 Å². The highest BCUT2D eigenvalue weighted by Gasteiger charge is 2.28. The summed E-state index contributed by atoms with van der Waals surface area (Å²) in [5.74, 6) is -1.51. The Kier molecular flexibility index (Phi) is 5.71. The second-order valence-corrected chi connectivity index (χ2v) is 8.76. The smallest absolute Gasteiger partial charge is 0.314 e. The van der Waals surface area contributed by atoms with E-state index in [2.05, 4.69) is 10.6 Å². The monoisotopic (exact) mass is 405 g/mol. The molecule has 142 valence electrons. The Labute approximate surface area is 162 Å². The van der Waals surface area contributed by atoms with Crippen LogP contribution in [0.3, 0.4) is 0 Å². The first-order valence-electron chi connectivity index (χ1n) is 8.26. The molecule has 0 saturated carbocycles. The first-order chi connectivity index (χ1) is 12.9. The summed E-state index contributed by atoms with van der Waals surface area (Å²) in [5.41, 5.74) is 1.38. The van der Waals surface area contributed by atoms with Gasteiger partial charge in [-0.1, -0.05) is 18.2 Å². The zero-order valence-electron chi connectivity index (χ0n) is 14.6. The second kappa shape index (κ2) is 8.01. The Bertz CT molecular complexity index is 976. The molecule has 0 radical (unpaired) electrons. The van der Waals surface area contributed by atoms with E-state index < -0.39 is 21.8 Å². The molecule has 3 rings (SSSR count). The Hall–Kier alpha value is -2.52. The van der Waals surface area contributed by atoms with E-state index in [0.29, 0.717) is 30.0 Å². The number of carbonyl (C=O) groups excluding carboxylic acids is 2. The van der Waals surface area contributed by atoms with E-state index in [1.165, 1.54) is 16.1 Å². The largest absolute Gasteiger partial charge is 0.318 e. The number of benzene rings is 2. The molecular formula is C18H19N3O4S2. The number of nitrogens with zero attached hydrogens (tertiary/aromatic N) is 1. The van der Waals surface area contributed by atoms with Crippen LogP contribution in [-0.4, -0.2) is 38.8 Å². The van der Waals surface area contributed by atoms with Gasteiger partial charge in [0.1, 0.15) is 0 Å². The number of anilines is 3. The minimum atomic E-state index is -3.31. The number of rotatable bonds is 4. The molecule has 1 aliphatic rings. The van der Waals surface area contributed by atoms with Gasteiger partial charge in [-0.2, -0.15) is 0 Å². The van der Waals surface area contributed by atoms with Gasteiger partial charge in [0.2, 0.25) is 10.0 Å². The number of sulfonamides is 1. The molecule has 0 bridgehead atoms. The topological polar surface area (TPSA) is 95.6 Å². The van der Waals surface area contributed by atoms with Crippen molar-refractivity contribution < 1.29 is 18.0 Å². The normalized spacial score (nSPS) is 15.4. The summed E-state index contributed by atoms with van der Waals surface area (Å²) in [7, 11) is -3.31. The first-order valence-corrected chi connectivity index (χ1v) is 11.1. The van der Waals surface area contributed by atoms with Crippen molar-refractivity contribution in [1.82, 2.24) is 0 Å². The van der Waals surface area contributed by atoms with E-state index in [1.807, 2.05) is 18.4 Å². The maximum absolute atomic E-state index is 12.2. The van der Waals surface area contributed by atoms with Crippen LogP contribution in [0.5, 0.6) is 0 Å². The van der Waals surface area contributed by atoms with Crippen LogP contribution in [0.4, 0.5) is 17.1 Å². The highest BCUT2D eigenvalue weighted by atomic mass is 32.2. The average Bonchev–Trinajstić information content (AvgIpc) is 3.01. The molecule has 1 saturated heterocycles. The predicted octanol–water partition coefficient (Wildman–Crippen LogP) is 2.53. The highest BCUT2D eigenvalue weighted by Crippen LogP contribution is 2.27. The van der Waals surface area contributed by atoms with Crippen LogP contribution >= 0.6 is 11.8 Å². The van der Waals surface area contributed by atoms with E-state index in [4.69, 9.17) is 0 Å². The molecule has 0 spiro atoms. The van der Waals surface area contributed by atoms with Crippen LogP contribution in [0.1, 0.15) is 6.42 Å². The fourth-order valence-corrected chi connectivity index (χ4v) is 4.89. The third-order valence-electron chi connectivity index (χ3n) is 4.05. The first kappa shape index (κ1) is 19.2. The predicted molar refractivity (Wildman–Crippen MR) is 108 cm³/mol. The molecule has 2 aromatic rings. The maximum atomic E-state index is 12.2. The van der Waals surface area contributed by atoms with Gasteiger partial charge in [-0.05, 0) is 43.0 Å². The molecule has 0 aliphatic carbocycles. The van der Waals surface area contributed by atoms with Crippen molar-refractivity contribution >= 4 is 50.7 Å². The molecule has 0 atom stereocenters. The van der Waals surface area contributed by atoms with Crippen molar-refractivity contribution in [1.29, 1.82) is 0 Å². The molecule has 0 unspecified atom stereocenters. The van der Waals surface area contributed by atoms with Gasteiger partial charge in [-0.25, -0.2) is 8.42 Å². The van der Waals surface area contributed by atoms with Gasteiger partial charge in [0, 0.05) is 17.1 Å². The second-order valence-electron chi connectivity index (χ2n) is 5.90. The van der Waals surface area contributed by atoms with Crippen molar-refractivity contribution in [3.8, 4) is 0 Å². The van der Waals surface area contributed by atoms with Gasteiger partial charge < -0.3 is 10.6 Å². The fourth-order valence-electron chi connectivity index (χ4n) is 2.78. The van der Waals surface area contributed by atoms with Gasteiger partial charge >= 0.3 is 11.8 Å². The number of hydrogen-bond acceptors (Lipinski definition) is 5. The molecule has 1 aliphatic heterocycles. The number of nitrogens with one attached hydrogen (secondary N) is 2. The van der Waals surface area contributed by atoms with Crippen LogP contribution in [0.15, 0.2) is 53.4 Å². The molecule has 0 aromatic heterocycles. The number of amides is 2. The van der Waals surface area contributed by atoms with Crippen LogP contribution in [0, 0.1) is 0 Å². The van der Waals surface area contributed by atoms with Crippen molar-refractivity contribution in [2.75, 3.05) is 33.5 Å². The molecule has 2 N–H and O–H groups in total. The molecule has 7 nitrogen and oxygen atoms in total. The van der Waals surface area contributed by atoms with Gasteiger partial charge in [0.05, 0.1) is 17.1 Å². The molecule has 27 heavy (non-hydrogen) atoms. The van der Waals surface area contributed by atoms with Crippen LogP contribution in [0.25, 0.3) is 0 Å². The van der Waals surface area contributed by atoms with Gasteiger partial charge in [-0.15, -0.1) is 11.8 Å². The zero-order valence-corrected chi connectivity index (χ0v) is 16.3. The Balaban J connectivity index is 1.71. The minimum Gasteiger partial charge on any atom is -0.318 e. The van der Waals surface area contributed by atoms with Crippen molar-refractivity contribution in [2.24, 2.45) is 0 Å². The van der Waals surface area contributed by atoms with E-state index in [1.54, 1.807) is 36.4 Å². The molecular weight excluding hydrogens is 386 g/mol. The van der Waals surface area contributed by atoms with Crippen molar-refractivity contribution in [3.05, 3.63) is 48.5 Å². The molecule has 2 aromatic carbocycles. The average molecular weight is 406 g/mol. The summed E-state index contributed by atoms with van der Waals surface area (Å²) < 4.78 is 25.4. The Morgan fingerprint density at radius 3 is 2.48 bits per heavy atom. The summed E-state index contributed by atoms with van der Waals surface area (Å²) in [4.78, 5) is 25.3. The summed E-state index contributed by atoms with van der Waals surface area (Å²) in [6.07, 6.45) is 2.44. The third kappa shape index (κ3) is 4.42. The lowest BCUT2D eigenvalue weighted by Crippen LogP contribution is -2.29. The molecule has 1 heterocycles. The lowest BCUT2D eigenvalue weighted by molar-refractivity contribution is -0.133. The fraction of sp³-hybridized carbons (Fsp3) is 0.222. The van der Waals surface area contributed by atoms with E-state index in [9.17, 15) is 18.0 Å². The lowest BCUT2D eigenvalue weighted by Gasteiger charge is -2.17. The SMILES string of the molecule is CSc1ccccc1NC(=O)C(=O)Nc1cccc(N2CCCS2(=O)=O)c1. The summed E-state index contributed by atoms with van der Waals surface area (Å²) in [6, 6.07) is 13.6. The molecule has 1 fully saturated rings. The number of carbonyl (C=O) groups is 2. The minimum absolute atomic E-state index is 0.112. The molecule has 2 amide bonds. The maximum Gasteiger partial charge on any atom is 0.314 e. The van der Waals surface area contributed by atoms with Crippen LogP contribution < -0.4 is 14.9 Å². The van der Waals surface area contributed by atoms with Crippen LogP contribution in [-0.2, 0) is 19.6 Å². The number of para-hydroxylation sites is 1. The Morgan fingerprint density at radius 1 is 1.04 bits per heavy atom. The Morgan fingerprint density at radius 2 is 1.78 bits per heavy atom. The summed E-state index contributed by atoms with van der Waals surface area (Å²) >= 11 is 1.46. The lowest BCUT2D eigenvalue weighted by atomic mass is 10.2. The van der Waals surface area contributed by atoms with Crippen molar-refractivity contribution in [3.63, 3.8) is 0 Å². The number of thioether (sulfide) groups is 1. The zero-order chi connectivity index (χ0) is 19.4. The number of hydrogen-bond donors (Lipinski definition) is 2. The van der Waals surface area contributed by atoms with Gasteiger partial charge in [0.25, 0.3) is 0 Å². The third-order valence-corrected chi connectivity index (χ3v) is 6.72. The van der Waals surface area contributed by atoms with E-state index in [-0.39, 0.29) is 5.75 Å². The van der Waals surface area contributed by atoms with Gasteiger partial charge in [0.15, 0.2) is 0 Å². The summed E-state index contributed by atoms with van der Waals surface area (Å²) in [6.45, 7) is 0.408. The van der Waals surface area contributed by atoms with Gasteiger partial charge in [-0.3, -0.25) is 13.9 Å². The highest BCUT2D eigenvalue weighted by molar-refractivity contribution is 7.98. The standard InChI is InChI=1S/C18H19N3O4S2/c1-26-16-9-3-2-8-15(16)20-18(23)17(22)19-13-6-4-7-14(12-13)21-10-5-11-27(21,24)25/h2-4,6-9,12H,5,10-11H2,1H3,(H,19,22)(H,20,23). The quantitative estimate of drug-likeness (QED) is 0.602. The molecule has 9 heteroatoms. The van der Waals surface area contributed by atoms with Crippen molar-refractivity contribution in [2.45, 2.75) is 11.3 Å². The van der Waals surface area contributed by atoms with E-state index >= 15 is 0 Å². The summed E-state index contributed by atoms with van der Waals surface area (Å²) in [5, 5.41) is 5.10.